The number of halogens is 1. The lowest BCUT2D eigenvalue weighted by atomic mass is 9.86. The number of ether oxygens (including phenoxy) is 2. The molecule has 25 heavy (non-hydrogen) atoms. The summed E-state index contributed by atoms with van der Waals surface area (Å²) in [5, 5.41) is 3.06. The fourth-order valence-corrected chi connectivity index (χ4v) is 2.82. The van der Waals surface area contributed by atoms with Gasteiger partial charge in [-0.15, -0.1) is 0 Å². The molecule has 1 aliphatic carbocycles. The Morgan fingerprint density at radius 2 is 2.16 bits per heavy atom. The Bertz CT molecular complexity index is 676. The molecular formula is C18H24ClN3O3. The SMILES string of the molecule is COc1nc(Cl)ncc1C#CC1CCC[C@H](NC(=O)OC(C)(C)C)C1. The highest BCUT2D eigenvalue weighted by Crippen LogP contribution is 2.24. The summed E-state index contributed by atoms with van der Waals surface area (Å²) >= 11 is 5.76. The van der Waals surface area contributed by atoms with Crippen LogP contribution in [0.2, 0.25) is 5.28 Å². The Kier molecular flexibility index (Phi) is 6.49. The number of carbonyl (C=O) groups is 1. The van der Waals surface area contributed by atoms with Crippen molar-refractivity contribution in [3.8, 4) is 17.7 Å². The summed E-state index contributed by atoms with van der Waals surface area (Å²) in [5.41, 5.74) is 0.109. The van der Waals surface area contributed by atoms with E-state index >= 15 is 0 Å². The second-order valence-electron chi connectivity index (χ2n) is 7.04. The number of nitrogens with zero attached hydrogens (tertiary/aromatic N) is 2. The van der Waals surface area contributed by atoms with Gasteiger partial charge in [-0.1, -0.05) is 18.3 Å². The van der Waals surface area contributed by atoms with Crippen LogP contribution in [0.25, 0.3) is 0 Å². The van der Waals surface area contributed by atoms with E-state index in [-0.39, 0.29) is 23.3 Å². The van der Waals surface area contributed by atoms with Gasteiger partial charge in [0.05, 0.1) is 13.3 Å². The number of hydrogen-bond donors (Lipinski definition) is 1. The standard InChI is InChI=1S/C18H24ClN3O3/c1-18(2,3)25-17(23)21-14-7-5-6-12(10-14)8-9-13-11-20-16(19)22-15(13)24-4/h11-12,14H,5-7,10H2,1-4H3,(H,21,23)/t12?,14-/m0/s1. The zero-order chi connectivity index (χ0) is 18.4. The summed E-state index contributed by atoms with van der Waals surface area (Å²) in [6, 6.07) is 0.0752. The van der Waals surface area contributed by atoms with Gasteiger partial charge in [-0.05, 0) is 51.6 Å². The van der Waals surface area contributed by atoms with Crippen molar-refractivity contribution < 1.29 is 14.3 Å². The molecule has 2 rings (SSSR count). The predicted octanol–water partition coefficient (Wildman–Crippen LogP) is 3.57. The van der Waals surface area contributed by atoms with Gasteiger partial charge in [0, 0.05) is 12.0 Å². The van der Waals surface area contributed by atoms with Gasteiger partial charge in [-0.25, -0.2) is 9.78 Å². The van der Waals surface area contributed by atoms with Gasteiger partial charge in [0.25, 0.3) is 0 Å². The Morgan fingerprint density at radius 3 is 2.84 bits per heavy atom. The zero-order valence-corrected chi connectivity index (χ0v) is 15.8. The molecule has 1 aromatic rings. The smallest absolute Gasteiger partial charge is 0.407 e. The Hall–Kier alpha value is -2.00. The minimum absolute atomic E-state index is 0.0752. The van der Waals surface area contributed by atoms with Crippen molar-refractivity contribution in [2.24, 2.45) is 5.92 Å². The molecule has 2 atom stereocenters. The molecule has 0 saturated heterocycles. The molecule has 0 aliphatic heterocycles. The summed E-state index contributed by atoms with van der Waals surface area (Å²) in [7, 11) is 1.52. The fraction of sp³-hybridized carbons (Fsp3) is 0.611. The van der Waals surface area contributed by atoms with E-state index < -0.39 is 5.60 Å². The molecule has 1 fully saturated rings. The third kappa shape index (κ3) is 6.43. The van der Waals surface area contributed by atoms with E-state index in [1.165, 1.54) is 7.11 Å². The molecule has 0 aromatic carbocycles. The zero-order valence-electron chi connectivity index (χ0n) is 15.1. The van der Waals surface area contributed by atoms with Crippen molar-refractivity contribution in [2.45, 2.75) is 58.1 Å². The van der Waals surface area contributed by atoms with E-state index in [0.717, 1.165) is 25.7 Å². The van der Waals surface area contributed by atoms with Crippen LogP contribution in [0.5, 0.6) is 5.88 Å². The van der Waals surface area contributed by atoms with Crippen molar-refractivity contribution in [1.82, 2.24) is 15.3 Å². The average Bonchev–Trinajstić information content (AvgIpc) is 2.52. The van der Waals surface area contributed by atoms with Gasteiger partial charge in [-0.3, -0.25) is 0 Å². The van der Waals surface area contributed by atoms with Gasteiger partial charge in [0.2, 0.25) is 11.2 Å². The monoisotopic (exact) mass is 365 g/mol. The molecule has 1 aliphatic rings. The maximum Gasteiger partial charge on any atom is 0.407 e. The van der Waals surface area contributed by atoms with Crippen molar-refractivity contribution in [3.05, 3.63) is 17.0 Å². The molecule has 6 nitrogen and oxygen atoms in total. The molecule has 7 heteroatoms. The first-order chi connectivity index (χ1) is 11.8. The second-order valence-corrected chi connectivity index (χ2v) is 7.38. The maximum atomic E-state index is 11.9. The molecular weight excluding hydrogens is 342 g/mol. The Balaban J connectivity index is 1.97. The number of nitrogens with one attached hydrogen (secondary N) is 1. The number of alkyl carbamates (subject to hydrolysis) is 1. The van der Waals surface area contributed by atoms with Gasteiger partial charge in [0.15, 0.2) is 0 Å². The first-order valence-corrected chi connectivity index (χ1v) is 8.72. The van der Waals surface area contributed by atoms with Crippen LogP contribution in [0, 0.1) is 17.8 Å². The molecule has 0 spiro atoms. The summed E-state index contributed by atoms with van der Waals surface area (Å²) in [5.74, 6) is 6.87. The summed E-state index contributed by atoms with van der Waals surface area (Å²) in [4.78, 5) is 19.9. The lowest BCUT2D eigenvalue weighted by Crippen LogP contribution is -2.41. The topological polar surface area (TPSA) is 73.3 Å². The van der Waals surface area contributed by atoms with Gasteiger partial charge >= 0.3 is 6.09 Å². The van der Waals surface area contributed by atoms with Gasteiger partial charge in [-0.2, -0.15) is 4.98 Å². The third-order valence-corrected chi connectivity index (χ3v) is 3.91. The summed E-state index contributed by atoms with van der Waals surface area (Å²) in [6.45, 7) is 5.55. The van der Waals surface area contributed by atoms with Crippen LogP contribution in [0.15, 0.2) is 6.20 Å². The first kappa shape index (κ1) is 19.3. The van der Waals surface area contributed by atoms with E-state index in [9.17, 15) is 4.79 Å². The minimum atomic E-state index is -0.497. The molecule has 1 aromatic heterocycles. The first-order valence-electron chi connectivity index (χ1n) is 8.34. The van der Waals surface area contributed by atoms with E-state index in [2.05, 4.69) is 27.1 Å². The molecule has 1 unspecified atom stereocenters. The van der Waals surface area contributed by atoms with Crippen LogP contribution in [-0.2, 0) is 4.74 Å². The second kappa shape index (κ2) is 8.39. The number of methoxy groups -OCH3 is 1. The van der Waals surface area contributed by atoms with Crippen LogP contribution >= 0.6 is 11.6 Å². The normalized spacial score (nSPS) is 20.2. The lowest BCUT2D eigenvalue weighted by molar-refractivity contribution is 0.0489. The molecule has 0 radical (unpaired) electrons. The van der Waals surface area contributed by atoms with Crippen LogP contribution in [0.1, 0.15) is 52.0 Å². The van der Waals surface area contributed by atoms with Crippen LogP contribution < -0.4 is 10.1 Å². The van der Waals surface area contributed by atoms with Crippen LogP contribution in [0.3, 0.4) is 0 Å². The molecule has 136 valence electrons. The molecule has 1 amide bonds. The highest BCUT2D eigenvalue weighted by atomic mass is 35.5. The van der Waals surface area contributed by atoms with Crippen LogP contribution in [0.4, 0.5) is 4.79 Å². The van der Waals surface area contributed by atoms with Crippen molar-refractivity contribution in [2.75, 3.05) is 7.11 Å². The third-order valence-electron chi connectivity index (χ3n) is 3.72. The van der Waals surface area contributed by atoms with Gasteiger partial charge < -0.3 is 14.8 Å². The van der Waals surface area contributed by atoms with E-state index in [1.807, 2.05) is 20.8 Å². The summed E-state index contributed by atoms with van der Waals surface area (Å²) in [6.07, 6.45) is 4.91. The number of hydrogen-bond acceptors (Lipinski definition) is 5. The van der Waals surface area contributed by atoms with E-state index in [4.69, 9.17) is 21.1 Å². The average molecular weight is 366 g/mol. The highest BCUT2D eigenvalue weighted by molar-refractivity contribution is 6.28. The molecule has 1 saturated carbocycles. The predicted molar refractivity (Wildman–Crippen MR) is 95.6 cm³/mol. The fourth-order valence-electron chi connectivity index (χ4n) is 2.69. The lowest BCUT2D eigenvalue weighted by Gasteiger charge is -2.28. The number of rotatable bonds is 2. The molecule has 1 N–H and O–H groups in total. The Labute approximate surface area is 153 Å². The van der Waals surface area contributed by atoms with E-state index in [0.29, 0.717) is 11.4 Å². The molecule has 0 bridgehead atoms. The van der Waals surface area contributed by atoms with Crippen molar-refractivity contribution in [3.63, 3.8) is 0 Å². The largest absolute Gasteiger partial charge is 0.480 e. The minimum Gasteiger partial charge on any atom is -0.480 e. The van der Waals surface area contributed by atoms with E-state index in [1.54, 1.807) is 6.20 Å². The number of aromatic nitrogens is 2. The summed E-state index contributed by atoms with van der Waals surface area (Å²) < 4.78 is 10.5. The van der Waals surface area contributed by atoms with Crippen molar-refractivity contribution in [1.29, 1.82) is 0 Å². The number of carbonyl (C=O) groups excluding carboxylic acids is 1. The highest BCUT2D eigenvalue weighted by Gasteiger charge is 2.24. The quantitative estimate of drug-likeness (QED) is 0.640. The van der Waals surface area contributed by atoms with Gasteiger partial charge in [0.1, 0.15) is 11.2 Å². The maximum absolute atomic E-state index is 11.9. The molecule has 1 heterocycles. The van der Waals surface area contributed by atoms with Crippen molar-refractivity contribution >= 4 is 17.7 Å². The van der Waals surface area contributed by atoms with Crippen LogP contribution in [-0.4, -0.2) is 34.8 Å². The Morgan fingerprint density at radius 1 is 1.40 bits per heavy atom. The number of amides is 1.